The van der Waals surface area contributed by atoms with Gasteiger partial charge in [0, 0.05) is 6.42 Å². The van der Waals surface area contributed by atoms with Gasteiger partial charge in [-0.2, -0.15) is 0 Å². The molecule has 0 saturated carbocycles. The summed E-state index contributed by atoms with van der Waals surface area (Å²) in [6.07, 6.45) is 1.71. The number of hydrogen-bond acceptors (Lipinski definition) is 6. The van der Waals surface area contributed by atoms with Crippen LogP contribution in [0.1, 0.15) is 24.2 Å². The molecule has 0 spiro atoms. The molecule has 0 atom stereocenters. The van der Waals surface area contributed by atoms with E-state index in [0.717, 1.165) is 5.56 Å². The molecule has 4 aromatic rings. The number of rotatable bonds is 8. The third kappa shape index (κ3) is 5.05. The summed E-state index contributed by atoms with van der Waals surface area (Å²) < 4.78 is 44.8. The van der Waals surface area contributed by atoms with Crippen molar-refractivity contribution in [1.29, 1.82) is 0 Å². The number of furan rings is 1. The molecular formula is C23H21FN2O4S2. The Hall–Kier alpha value is -3.04. The number of nitrogens with zero attached hydrogens (tertiary/aromatic N) is 2. The highest BCUT2D eigenvalue weighted by Crippen LogP contribution is 2.31. The molecular weight excluding hydrogens is 451 g/mol. The van der Waals surface area contributed by atoms with Crippen LogP contribution in [0.4, 0.5) is 9.52 Å². The van der Waals surface area contributed by atoms with E-state index in [4.69, 9.17) is 4.42 Å². The lowest BCUT2D eigenvalue weighted by molar-refractivity contribution is -0.118. The second kappa shape index (κ2) is 9.22. The van der Waals surface area contributed by atoms with E-state index in [0.29, 0.717) is 21.1 Å². The van der Waals surface area contributed by atoms with Crippen molar-refractivity contribution in [3.8, 4) is 0 Å². The molecule has 0 aliphatic carbocycles. The van der Waals surface area contributed by atoms with Crippen molar-refractivity contribution in [2.75, 3.05) is 10.7 Å². The van der Waals surface area contributed by atoms with Crippen LogP contribution in [-0.4, -0.2) is 25.1 Å². The number of carbonyl (C=O) groups is 1. The van der Waals surface area contributed by atoms with Gasteiger partial charge in [-0.25, -0.2) is 17.8 Å². The van der Waals surface area contributed by atoms with E-state index in [9.17, 15) is 17.6 Å². The molecule has 0 radical (unpaired) electrons. The minimum Gasteiger partial charge on any atom is -0.467 e. The Kier molecular flexibility index (Phi) is 6.38. The van der Waals surface area contributed by atoms with Crippen molar-refractivity contribution in [1.82, 2.24) is 4.98 Å². The van der Waals surface area contributed by atoms with Crippen LogP contribution in [0.15, 0.2) is 70.2 Å². The topological polar surface area (TPSA) is 80.5 Å². The monoisotopic (exact) mass is 472 g/mol. The molecule has 0 aliphatic rings. The first-order valence-corrected chi connectivity index (χ1v) is 12.5. The maximum absolute atomic E-state index is 13.6. The van der Waals surface area contributed by atoms with Crippen molar-refractivity contribution < 1.29 is 22.0 Å². The number of aryl methyl sites for hydroxylation is 1. The summed E-state index contributed by atoms with van der Waals surface area (Å²) in [6.45, 7) is 2.04. The van der Waals surface area contributed by atoms with Crippen LogP contribution in [0.3, 0.4) is 0 Å². The molecule has 9 heteroatoms. The van der Waals surface area contributed by atoms with Crippen molar-refractivity contribution in [2.24, 2.45) is 0 Å². The molecule has 0 saturated heterocycles. The summed E-state index contributed by atoms with van der Waals surface area (Å²) in [5, 5.41) is 0.411. The fraction of sp³-hybridized carbons (Fsp3) is 0.217. The number of halogens is 1. The quantitative estimate of drug-likeness (QED) is 0.355. The predicted molar refractivity (Wildman–Crippen MR) is 122 cm³/mol. The SMILES string of the molecule is Cc1ccc(S(=O)(=O)CCCC(=O)N(Cc2ccco2)c2nc3ccc(F)cc3s2)cc1. The normalized spacial score (nSPS) is 11.7. The van der Waals surface area contributed by atoms with E-state index in [1.165, 1.54) is 34.6 Å². The first-order valence-electron chi connectivity index (χ1n) is 10.00. The zero-order valence-corrected chi connectivity index (χ0v) is 19.0. The number of benzene rings is 2. The lowest BCUT2D eigenvalue weighted by Gasteiger charge is -2.18. The molecule has 6 nitrogen and oxygen atoms in total. The minimum absolute atomic E-state index is 0.0239. The number of thiazole rings is 1. The summed E-state index contributed by atoms with van der Waals surface area (Å²) in [5.74, 6) is -0.226. The van der Waals surface area contributed by atoms with Crippen molar-refractivity contribution in [3.63, 3.8) is 0 Å². The third-order valence-electron chi connectivity index (χ3n) is 4.95. The van der Waals surface area contributed by atoms with Gasteiger partial charge in [0.25, 0.3) is 0 Å². The van der Waals surface area contributed by atoms with Gasteiger partial charge in [0.05, 0.1) is 33.7 Å². The molecule has 0 fully saturated rings. The van der Waals surface area contributed by atoms with E-state index < -0.39 is 9.84 Å². The highest BCUT2D eigenvalue weighted by molar-refractivity contribution is 7.91. The van der Waals surface area contributed by atoms with Crippen LogP contribution in [0.5, 0.6) is 0 Å². The lowest BCUT2D eigenvalue weighted by atomic mass is 10.2. The van der Waals surface area contributed by atoms with Crippen molar-refractivity contribution in [3.05, 3.63) is 78.0 Å². The largest absolute Gasteiger partial charge is 0.467 e. The van der Waals surface area contributed by atoms with E-state index in [1.54, 1.807) is 42.5 Å². The van der Waals surface area contributed by atoms with Crippen LogP contribution in [0.25, 0.3) is 10.2 Å². The maximum atomic E-state index is 13.6. The highest BCUT2D eigenvalue weighted by atomic mass is 32.2. The standard InChI is InChI=1S/C23H21FN2O4S2/c1-16-6-9-19(10-7-16)32(28,29)13-3-5-22(27)26(15-18-4-2-12-30-18)23-25-20-11-8-17(24)14-21(20)31-23/h2,4,6-12,14H,3,5,13,15H2,1H3. The smallest absolute Gasteiger partial charge is 0.229 e. The van der Waals surface area contributed by atoms with E-state index in [-0.39, 0.29) is 41.8 Å². The molecule has 0 N–H and O–H groups in total. The van der Waals surface area contributed by atoms with Gasteiger partial charge in [-0.1, -0.05) is 29.0 Å². The summed E-state index contributed by atoms with van der Waals surface area (Å²) in [7, 11) is -3.48. The molecule has 166 valence electrons. The molecule has 0 aliphatic heterocycles. The fourth-order valence-electron chi connectivity index (χ4n) is 3.23. The second-order valence-electron chi connectivity index (χ2n) is 7.40. The first-order chi connectivity index (χ1) is 15.3. The van der Waals surface area contributed by atoms with Crippen LogP contribution in [0, 0.1) is 12.7 Å². The number of carbonyl (C=O) groups excluding carboxylic acids is 1. The van der Waals surface area contributed by atoms with Crippen LogP contribution in [-0.2, 0) is 21.2 Å². The van der Waals surface area contributed by atoms with E-state index >= 15 is 0 Å². The van der Waals surface area contributed by atoms with Gasteiger partial charge in [0.2, 0.25) is 5.91 Å². The number of anilines is 1. The average Bonchev–Trinajstić information content (AvgIpc) is 3.41. The van der Waals surface area contributed by atoms with Gasteiger partial charge >= 0.3 is 0 Å². The van der Waals surface area contributed by atoms with Crippen LogP contribution < -0.4 is 4.90 Å². The maximum Gasteiger partial charge on any atom is 0.229 e. The summed E-state index contributed by atoms with van der Waals surface area (Å²) in [4.78, 5) is 19.2. The molecule has 2 heterocycles. The summed E-state index contributed by atoms with van der Waals surface area (Å²) in [6, 6.07) is 14.4. The van der Waals surface area contributed by atoms with Gasteiger partial charge in [-0.05, 0) is 55.8 Å². The minimum atomic E-state index is -3.48. The molecule has 0 unspecified atom stereocenters. The van der Waals surface area contributed by atoms with Gasteiger partial charge in [0.15, 0.2) is 15.0 Å². The molecule has 32 heavy (non-hydrogen) atoms. The van der Waals surface area contributed by atoms with Crippen LogP contribution in [0.2, 0.25) is 0 Å². The number of aromatic nitrogens is 1. The third-order valence-corrected chi connectivity index (χ3v) is 7.81. The Labute approximate surface area is 189 Å². The number of sulfone groups is 1. The second-order valence-corrected chi connectivity index (χ2v) is 10.5. The fourth-order valence-corrected chi connectivity index (χ4v) is 5.55. The molecule has 4 rings (SSSR count). The molecule has 0 bridgehead atoms. The van der Waals surface area contributed by atoms with Crippen LogP contribution >= 0.6 is 11.3 Å². The first kappa shape index (κ1) is 22.2. The van der Waals surface area contributed by atoms with Gasteiger partial charge in [-0.3, -0.25) is 9.69 Å². The predicted octanol–water partition coefficient (Wildman–Crippen LogP) is 5.12. The Balaban J connectivity index is 1.50. The number of fused-ring (bicyclic) bond motifs is 1. The molecule has 2 aromatic heterocycles. The zero-order valence-electron chi connectivity index (χ0n) is 17.3. The van der Waals surface area contributed by atoms with Crippen molar-refractivity contribution >= 4 is 42.4 Å². The van der Waals surface area contributed by atoms with E-state index in [1.807, 2.05) is 6.92 Å². The molecule has 2 aromatic carbocycles. The summed E-state index contributed by atoms with van der Waals surface area (Å²) >= 11 is 1.20. The Bertz CT molecular complexity index is 1330. The summed E-state index contributed by atoms with van der Waals surface area (Å²) in [5.41, 5.74) is 1.56. The highest BCUT2D eigenvalue weighted by Gasteiger charge is 2.22. The van der Waals surface area contributed by atoms with E-state index in [2.05, 4.69) is 4.98 Å². The van der Waals surface area contributed by atoms with Gasteiger partial charge in [-0.15, -0.1) is 0 Å². The van der Waals surface area contributed by atoms with Crippen molar-refractivity contribution in [2.45, 2.75) is 31.2 Å². The lowest BCUT2D eigenvalue weighted by Crippen LogP contribution is -2.30. The average molecular weight is 473 g/mol. The Morgan fingerprint density at radius 2 is 1.94 bits per heavy atom. The Morgan fingerprint density at radius 1 is 1.16 bits per heavy atom. The molecule has 1 amide bonds. The number of hydrogen-bond donors (Lipinski definition) is 0. The zero-order chi connectivity index (χ0) is 22.7. The van der Waals surface area contributed by atoms with Gasteiger partial charge < -0.3 is 4.42 Å². The number of amides is 1. The Morgan fingerprint density at radius 3 is 2.66 bits per heavy atom. The van der Waals surface area contributed by atoms with Gasteiger partial charge in [0.1, 0.15) is 11.6 Å².